The van der Waals surface area contributed by atoms with Crippen LogP contribution in [0.2, 0.25) is 0 Å². The van der Waals surface area contributed by atoms with Crippen molar-refractivity contribution < 1.29 is 9.13 Å². The van der Waals surface area contributed by atoms with Gasteiger partial charge in [-0.15, -0.1) is 0 Å². The van der Waals surface area contributed by atoms with Crippen LogP contribution in [0.3, 0.4) is 0 Å². The van der Waals surface area contributed by atoms with Crippen molar-refractivity contribution in [3.63, 3.8) is 0 Å². The highest BCUT2D eigenvalue weighted by molar-refractivity contribution is 5.78. The summed E-state index contributed by atoms with van der Waals surface area (Å²) in [5, 5.41) is -0.0113. The number of aromatic nitrogens is 2. The number of ether oxygens (including phenoxy) is 1. The van der Waals surface area contributed by atoms with E-state index in [1.807, 2.05) is 19.9 Å². The molecule has 0 radical (unpaired) electrons. The zero-order chi connectivity index (χ0) is 16.6. The number of benzene rings is 2. The largest absolute Gasteiger partial charge is 0.495 e. The molecule has 3 rings (SSSR count). The van der Waals surface area contributed by atoms with E-state index in [-0.39, 0.29) is 11.3 Å². The number of rotatable bonds is 3. The lowest BCUT2D eigenvalue weighted by Crippen LogP contribution is -2.25. The van der Waals surface area contributed by atoms with Crippen LogP contribution in [0, 0.1) is 5.82 Å². The molecule has 0 aliphatic carbocycles. The fraction of sp³-hybridized carbons (Fsp3) is 0.222. The van der Waals surface area contributed by atoms with Crippen LogP contribution in [-0.4, -0.2) is 16.7 Å². The highest BCUT2D eigenvalue weighted by Gasteiger charge is 2.19. The number of hydrogen-bond acceptors (Lipinski definition) is 3. The topological polar surface area (TPSA) is 44.1 Å². The third-order valence-corrected chi connectivity index (χ3v) is 3.72. The first-order valence-electron chi connectivity index (χ1n) is 7.39. The van der Waals surface area contributed by atoms with Gasteiger partial charge < -0.3 is 4.74 Å². The van der Waals surface area contributed by atoms with Gasteiger partial charge in [0.05, 0.1) is 18.3 Å². The fourth-order valence-electron chi connectivity index (χ4n) is 2.64. The molecule has 0 bridgehead atoms. The smallest absolute Gasteiger partial charge is 0.269 e. The number of para-hydroxylation sites is 2. The van der Waals surface area contributed by atoms with Gasteiger partial charge in [-0.05, 0) is 24.3 Å². The monoisotopic (exact) mass is 312 g/mol. The lowest BCUT2D eigenvalue weighted by molar-refractivity contribution is 0.412. The molecule has 23 heavy (non-hydrogen) atoms. The summed E-state index contributed by atoms with van der Waals surface area (Å²) < 4.78 is 21.0. The maximum absolute atomic E-state index is 14.2. The summed E-state index contributed by atoms with van der Waals surface area (Å²) in [5.41, 5.74) is 0.493. The summed E-state index contributed by atoms with van der Waals surface area (Å²) in [6, 6.07) is 11.6. The van der Waals surface area contributed by atoms with Crippen molar-refractivity contribution in [1.29, 1.82) is 0 Å². The predicted octanol–water partition coefficient (Wildman–Crippen LogP) is 3.66. The first-order chi connectivity index (χ1) is 11.0. The molecule has 1 aromatic heterocycles. The average molecular weight is 312 g/mol. The maximum atomic E-state index is 14.2. The second-order valence-corrected chi connectivity index (χ2v) is 5.57. The van der Waals surface area contributed by atoms with Crippen molar-refractivity contribution in [3.8, 4) is 11.4 Å². The number of fused-ring (bicyclic) bond motifs is 1. The molecule has 0 atom stereocenters. The van der Waals surface area contributed by atoms with Crippen molar-refractivity contribution in [2.24, 2.45) is 0 Å². The molecule has 0 fully saturated rings. The SMILES string of the molecule is COc1ccccc1-n1c(C(C)C)nc2cccc(F)c2c1=O. The van der Waals surface area contributed by atoms with E-state index in [2.05, 4.69) is 4.98 Å². The molecule has 5 heteroatoms. The van der Waals surface area contributed by atoms with Crippen molar-refractivity contribution in [1.82, 2.24) is 9.55 Å². The maximum Gasteiger partial charge on any atom is 0.269 e. The summed E-state index contributed by atoms with van der Waals surface area (Å²) in [4.78, 5) is 17.5. The highest BCUT2D eigenvalue weighted by atomic mass is 19.1. The second-order valence-electron chi connectivity index (χ2n) is 5.57. The molecule has 0 aliphatic heterocycles. The van der Waals surface area contributed by atoms with Crippen LogP contribution in [0.1, 0.15) is 25.6 Å². The Kier molecular flexibility index (Phi) is 3.86. The van der Waals surface area contributed by atoms with E-state index >= 15 is 0 Å². The third-order valence-electron chi connectivity index (χ3n) is 3.72. The van der Waals surface area contributed by atoms with Gasteiger partial charge in [-0.1, -0.05) is 32.0 Å². The van der Waals surface area contributed by atoms with Gasteiger partial charge in [0.1, 0.15) is 22.8 Å². The Morgan fingerprint density at radius 2 is 1.87 bits per heavy atom. The minimum Gasteiger partial charge on any atom is -0.495 e. The number of methoxy groups -OCH3 is 1. The predicted molar refractivity (Wildman–Crippen MR) is 87.9 cm³/mol. The Balaban J connectivity index is 2.48. The minimum absolute atomic E-state index is 0.0113. The van der Waals surface area contributed by atoms with E-state index in [0.29, 0.717) is 22.8 Å². The van der Waals surface area contributed by atoms with Gasteiger partial charge in [0, 0.05) is 5.92 Å². The molecular weight excluding hydrogens is 295 g/mol. The first kappa shape index (κ1) is 15.2. The van der Waals surface area contributed by atoms with Crippen molar-refractivity contribution in [2.75, 3.05) is 7.11 Å². The minimum atomic E-state index is -0.570. The molecule has 0 N–H and O–H groups in total. The lowest BCUT2D eigenvalue weighted by atomic mass is 10.1. The Morgan fingerprint density at radius 3 is 2.57 bits per heavy atom. The van der Waals surface area contributed by atoms with Crippen LogP contribution in [0.15, 0.2) is 47.3 Å². The van der Waals surface area contributed by atoms with Crippen LogP contribution < -0.4 is 10.3 Å². The number of nitrogens with zero attached hydrogens (tertiary/aromatic N) is 2. The van der Waals surface area contributed by atoms with Crippen LogP contribution in [-0.2, 0) is 0 Å². The summed E-state index contributed by atoms with van der Waals surface area (Å²) in [6.07, 6.45) is 0. The van der Waals surface area contributed by atoms with Crippen LogP contribution in [0.4, 0.5) is 4.39 Å². The molecule has 0 unspecified atom stereocenters. The lowest BCUT2D eigenvalue weighted by Gasteiger charge is -2.18. The van der Waals surface area contributed by atoms with Crippen molar-refractivity contribution in [3.05, 3.63) is 64.5 Å². The molecule has 4 nitrogen and oxygen atoms in total. The van der Waals surface area contributed by atoms with Gasteiger partial charge in [0.25, 0.3) is 5.56 Å². The Hall–Kier alpha value is -2.69. The van der Waals surface area contributed by atoms with Crippen LogP contribution in [0.5, 0.6) is 5.75 Å². The van der Waals surface area contributed by atoms with Crippen molar-refractivity contribution >= 4 is 10.9 Å². The second kappa shape index (κ2) is 5.83. The normalized spacial score (nSPS) is 11.2. The molecule has 118 valence electrons. The van der Waals surface area contributed by atoms with Gasteiger partial charge in [-0.3, -0.25) is 9.36 Å². The molecule has 0 spiro atoms. The molecule has 3 aromatic rings. The summed E-state index contributed by atoms with van der Waals surface area (Å²) >= 11 is 0. The van der Waals surface area contributed by atoms with Gasteiger partial charge in [0.15, 0.2) is 0 Å². The van der Waals surface area contributed by atoms with E-state index in [0.717, 1.165) is 0 Å². The van der Waals surface area contributed by atoms with E-state index in [9.17, 15) is 9.18 Å². The van der Waals surface area contributed by atoms with Gasteiger partial charge in [0.2, 0.25) is 0 Å². The Bertz CT molecular complexity index is 932. The van der Waals surface area contributed by atoms with Crippen molar-refractivity contribution in [2.45, 2.75) is 19.8 Å². The quantitative estimate of drug-likeness (QED) is 0.741. The zero-order valence-electron chi connectivity index (χ0n) is 13.2. The Labute approximate surface area is 133 Å². The molecule has 1 heterocycles. The summed E-state index contributed by atoms with van der Waals surface area (Å²) in [6.45, 7) is 3.89. The molecule has 0 saturated carbocycles. The van der Waals surface area contributed by atoms with Gasteiger partial charge >= 0.3 is 0 Å². The molecular formula is C18H17FN2O2. The van der Waals surface area contributed by atoms with E-state index in [1.165, 1.54) is 17.7 Å². The van der Waals surface area contributed by atoms with Gasteiger partial charge in [-0.2, -0.15) is 0 Å². The zero-order valence-corrected chi connectivity index (χ0v) is 13.2. The number of hydrogen-bond donors (Lipinski definition) is 0. The molecule has 2 aromatic carbocycles. The standard InChI is InChI=1S/C18H17FN2O2/c1-11(2)17-20-13-8-6-7-12(19)16(13)18(22)21(17)14-9-4-5-10-15(14)23-3/h4-11H,1-3H3. The van der Waals surface area contributed by atoms with E-state index < -0.39 is 11.4 Å². The Morgan fingerprint density at radius 1 is 1.13 bits per heavy atom. The molecule has 0 amide bonds. The fourth-order valence-corrected chi connectivity index (χ4v) is 2.64. The highest BCUT2D eigenvalue weighted by Crippen LogP contribution is 2.26. The van der Waals surface area contributed by atoms with Gasteiger partial charge in [-0.25, -0.2) is 9.37 Å². The van der Waals surface area contributed by atoms with E-state index in [1.54, 1.807) is 30.3 Å². The van der Waals surface area contributed by atoms with Crippen LogP contribution >= 0.6 is 0 Å². The van der Waals surface area contributed by atoms with E-state index in [4.69, 9.17) is 4.74 Å². The first-order valence-corrected chi connectivity index (χ1v) is 7.39. The molecule has 0 saturated heterocycles. The third kappa shape index (κ3) is 2.48. The van der Waals surface area contributed by atoms with Crippen LogP contribution in [0.25, 0.3) is 16.6 Å². The summed E-state index contributed by atoms with van der Waals surface area (Å²) in [5.74, 6) is 0.519. The number of halogens is 1. The molecule has 0 aliphatic rings. The average Bonchev–Trinajstić information content (AvgIpc) is 2.54. The summed E-state index contributed by atoms with van der Waals surface area (Å²) in [7, 11) is 1.54.